The summed E-state index contributed by atoms with van der Waals surface area (Å²) in [6, 6.07) is 24.8. The highest BCUT2D eigenvalue weighted by Crippen LogP contribution is 2.24. The van der Waals surface area contributed by atoms with Gasteiger partial charge in [0.25, 0.3) is 0 Å². The number of nitrogens with two attached hydrogens (primary N) is 1. The van der Waals surface area contributed by atoms with Crippen LogP contribution in [0.25, 0.3) is 27.8 Å². The summed E-state index contributed by atoms with van der Waals surface area (Å²) in [5.74, 6) is 0.874. The molecule has 0 amide bonds. The van der Waals surface area contributed by atoms with Crippen molar-refractivity contribution in [3.05, 3.63) is 72.8 Å². The van der Waals surface area contributed by atoms with E-state index in [1.54, 1.807) is 0 Å². The molecule has 4 rings (SSSR count). The summed E-state index contributed by atoms with van der Waals surface area (Å²) < 4.78 is 2.10. The molecule has 106 valence electrons. The average Bonchev–Trinajstić information content (AvgIpc) is 2.97. The van der Waals surface area contributed by atoms with Crippen LogP contribution in [0.3, 0.4) is 0 Å². The molecule has 3 aromatic carbocycles. The third-order valence-corrected chi connectivity index (χ3v) is 4.44. The van der Waals surface area contributed by atoms with E-state index in [-0.39, 0.29) is 0 Å². The third-order valence-electron chi connectivity index (χ3n) is 3.61. The van der Waals surface area contributed by atoms with Crippen LogP contribution in [-0.2, 0) is 0 Å². The van der Waals surface area contributed by atoms with Gasteiger partial charge in [-0.3, -0.25) is 0 Å². The highest BCUT2D eigenvalue weighted by atomic mass is 32.1. The van der Waals surface area contributed by atoms with Crippen LogP contribution in [0, 0.1) is 0 Å². The van der Waals surface area contributed by atoms with Crippen molar-refractivity contribution in [1.29, 1.82) is 0 Å². The van der Waals surface area contributed by atoms with E-state index in [1.165, 1.54) is 22.3 Å². The molecule has 1 heterocycles. The fourth-order valence-corrected chi connectivity index (χ4v) is 3.43. The van der Waals surface area contributed by atoms with Gasteiger partial charge < -0.3 is 5.73 Å². The average molecular weight is 304 g/mol. The second-order valence-electron chi connectivity index (χ2n) is 5.02. The van der Waals surface area contributed by atoms with Crippen LogP contribution in [0.4, 0.5) is 5.13 Å². The predicted molar refractivity (Wildman–Crippen MR) is 91.0 cm³/mol. The van der Waals surface area contributed by atoms with Crippen LogP contribution in [0.2, 0.25) is 0 Å². The number of nitrogens with zero attached hydrogens (tertiary/aromatic N) is 2. The maximum Gasteiger partial charge on any atom is 0.350 e. The molecule has 0 aliphatic carbocycles. The van der Waals surface area contributed by atoms with Crippen LogP contribution >= 0.6 is 11.5 Å². The normalized spacial score (nSPS) is 10.9. The Morgan fingerprint density at radius 3 is 2.41 bits per heavy atom. The van der Waals surface area contributed by atoms with Gasteiger partial charge in [-0.1, -0.05) is 54.6 Å². The minimum absolute atomic E-state index is 0.562. The fraction of sp³-hybridized carbons (Fsp3) is 0. The van der Waals surface area contributed by atoms with Gasteiger partial charge in [0.1, 0.15) is 11.5 Å². The van der Waals surface area contributed by atoms with Gasteiger partial charge in [0.15, 0.2) is 5.69 Å². The number of nitrogen functional groups attached to an aromatic ring is 1. The van der Waals surface area contributed by atoms with Crippen molar-refractivity contribution in [3.63, 3.8) is 0 Å². The van der Waals surface area contributed by atoms with E-state index < -0.39 is 0 Å². The van der Waals surface area contributed by atoms with E-state index in [0.717, 1.165) is 17.1 Å². The number of benzene rings is 3. The van der Waals surface area contributed by atoms with Crippen molar-refractivity contribution >= 4 is 27.4 Å². The first-order valence-corrected chi connectivity index (χ1v) is 7.83. The molecule has 3 nitrogen and oxygen atoms in total. The zero-order valence-corrected chi connectivity index (χ0v) is 12.6. The Hall–Kier alpha value is -2.72. The van der Waals surface area contributed by atoms with Gasteiger partial charge in [-0.15, -0.1) is 3.96 Å². The highest BCUT2D eigenvalue weighted by Gasteiger charge is 2.23. The summed E-state index contributed by atoms with van der Waals surface area (Å²) >= 11 is 1.46. The Kier molecular flexibility index (Phi) is 3.09. The first-order valence-electron chi connectivity index (χ1n) is 7.05. The monoisotopic (exact) mass is 304 g/mol. The van der Waals surface area contributed by atoms with Gasteiger partial charge in [0.2, 0.25) is 0 Å². The van der Waals surface area contributed by atoms with Gasteiger partial charge >= 0.3 is 11.0 Å². The maximum atomic E-state index is 5.98. The van der Waals surface area contributed by atoms with Crippen LogP contribution in [0.1, 0.15) is 0 Å². The standard InChI is InChI=1S/C18H13N3S/c19-18-20-17(14-8-2-1-3-9-14)21(22-18)16-12-6-10-13-7-4-5-11-15(13)16/h1-12,19H/p+1. The van der Waals surface area contributed by atoms with E-state index in [1.807, 2.05) is 18.2 Å². The lowest BCUT2D eigenvalue weighted by molar-refractivity contribution is -0.508. The minimum Gasteiger partial charge on any atom is -0.351 e. The molecule has 0 bridgehead atoms. The second-order valence-corrected chi connectivity index (χ2v) is 5.99. The van der Waals surface area contributed by atoms with Crippen molar-refractivity contribution in [2.24, 2.45) is 0 Å². The first-order chi connectivity index (χ1) is 10.8. The molecule has 0 fully saturated rings. The largest absolute Gasteiger partial charge is 0.351 e. The van der Waals surface area contributed by atoms with Crippen LogP contribution in [0.5, 0.6) is 0 Å². The Bertz CT molecular complexity index is 940. The zero-order chi connectivity index (χ0) is 14.9. The highest BCUT2D eigenvalue weighted by molar-refractivity contribution is 7.05. The van der Waals surface area contributed by atoms with Crippen molar-refractivity contribution in [1.82, 2.24) is 4.98 Å². The molecule has 0 aliphatic heterocycles. The predicted octanol–water partition coefficient (Wildman–Crippen LogP) is 3.82. The van der Waals surface area contributed by atoms with E-state index in [4.69, 9.17) is 5.73 Å². The molecule has 0 saturated heterocycles. The Balaban J connectivity index is 2.00. The topological polar surface area (TPSA) is 42.8 Å². The van der Waals surface area contributed by atoms with Crippen molar-refractivity contribution in [2.45, 2.75) is 0 Å². The fourth-order valence-electron chi connectivity index (χ4n) is 2.62. The number of fused-ring (bicyclic) bond motifs is 1. The maximum absolute atomic E-state index is 5.98. The van der Waals surface area contributed by atoms with Gasteiger partial charge in [0.05, 0.1) is 5.56 Å². The molecule has 2 N–H and O–H groups in total. The second kappa shape index (κ2) is 5.24. The summed E-state index contributed by atoms with van der Waals surface area (Å²) in [4.78, 5) is 4.52. The number of aromatic nitrogens is 2. The van der Waals surface area contributed by atoms with E-state index in [2.05, 4.69) is 63.5 Å². The van der Waals surface area contributed by atoms with Crippen molar-refractivity contribution in [3.8, 4) is 17.1 Å². The quantitative estimate of drug-likeness (QED) is 0.572. The van der Waals surface area contributed by atoms with Gasteiger partial charge in [-0.25, -0.2) is 0 Å². The smallest absolute Gasteiger partial charge is 0.350 e. The SMILES string of the molecule is Nc1nc(-c2ccccc2)[n+](-c2cccc3ccccc23)s1. The minimum atomic E-state index is 0.562. The molecule has 0 radical (unpaired) electrons. The van der Waals surface area contributed by atoms with Gasteiger partial charge in [-0.2, -0.15) is 0 Å². The number of rotatable bonds is 2. The molecule has 0 spiro atoms. The number of anilines is 1. The van der Waals surface area contributed by atoms with E-state index >= 15 is 0 Å². The number of hydrogen-bond acceptors (Lipinski definition) is 3. The summed E-state index contributed by atoms with van der Waals surface area (Å²) in [5.41, 5.74) is 8.15. The van der Waals surface area contributed by atoms with Crippen LogP contribution in [-0.4, -0.2) is 4.98 Å². The molecule has 1 aromatic heterocycles. The van der Waals surface area contributed by atoms with Crippen LogP contribution < -0.4 is 9.69 Å². The Labute approximate surface area is 132 Å². The molecule has 0 saturated carbocycles. The molecule has 22 heavy (non-hydrogen) atoms. The van der Waals surface area contributed by atoms with E-state index in [0.29, 0.717) is 5.13 Å². The lowest BCUT2D eigenvalue weighted by atomic mass is 10.1. The molecule has 4 aromatic rings. The molecule has 0 unspecified atom stereocenters. The lowest BCUT2D eigenvalue weighted by Crippen LogP contribution is -2.28. The summed E-state index contributed by atoms with van der Waals surface area (Å²) in [7, 11) is 0. The lowest BCUT2D eigenvalue weighted by Gasteiger charge is -2.03. The Morgan fingerprint density at radius 2 is 1.55 bits per heavy atom. The molecule has 4 heteroatoms. The summed E-state index contributed by atoms with van der Waals surface area (Å²) in [6.07, 6.45) is 0. The number of hydrogen-bond donors (Lipinski definition) is 1. The van der Waals surface area contributed by atoms with Gasteiger partial charge in [0, 0.05) is 5.39 Å². The van der Waals surface area contributed by atoms with Gasteiger partial charge in [-0.05, 0) is 28.6 Å². The zero-order valence-electron chi connectivity index (χ0n) is 11.8. The molecule has 0 aliphatic rings. The van der Waals surface area contributed by atoms with Crippen LogP contribution in [0.15, 0.2) is 72.8 Å². The molecule has 0 atom stereocenters. The molecular weight excluding hydrogens is 290 g/mol. The molecular formula is C18H14N3S+. The summed E-state index contributed by atoms with van der Waals surface area (Å²) in [5, 5.41) is 2.96. The summed E-state index contributed by atoms with van der Waals surface area (Å²) in [6.45, 7) is 0. The van der Waals surface area contributed by atoms with Crippen molar-refractivity contribution < 1.29 is 3.96 Å². The Morgan fingerprint density at radius 1 is 0.818 bits per heavy atom. The van der Waals surface area contributed by atoms with E-state index in [9.17, 15) is 0 Å². The third kappa shape index (κ3) is 2.14. The van der Waals surface area contributed by atoms with Crippen molar-refractivity contribution in [2.75, 3.05) is 5.73 Å². The first kappa shape index (κ1) is 13.0.